The molecule has 0 unspecified atom stereocenters. The SMILES string of the molecule is CC[C@H](C(=N)C(=O)CCCCCCCCC(=O)OC(=O)[C@@H](C=N)CC)C(=O)O. The maximum absolute atomic E-state index is 11.9. The summed E-state index contributed by atoms with van der Waals surface area (Å²) in [5.41, 5.74) is -0.323. The smallest absolute Gasteiger partial charge is 0.321 e. The van der Waals surface area contributed by atoms with Crippen LogP contribution in [0, 0.1) is 22.7 Å². The lowest BCUT2D eigenvalue weighted by Gasteiger charge is -2.10. The van der Waals surface area contributed by atoms with Gasteiger partial charge in [-0.25, -0.2) is 0 Å². The molecule has 0 aliphatic rings. The van der Waals surface area contributed by atoms with Crippen LogP contribution in [0.2, 0.25) is 0 Å². The molecule has 2 atom stereocenters. The van der Waals surface area contributed by atoms with Gasteiger partial charge in [0, 0.05) is 19.1 Å². The van der Waals surface area contributed by atoms with E-state index in [1.165, 1.54) is 0 Å². The highest BCUT2D eigenvalue weighted by atomic mass is 16.6. The highest BCUT2D eigenvalue weighted by Crippen LogP contribution is 2.12. The van der Waals surface area contributed by atoms with E-state index in [2.05, 4.69) is 0 Å². The number of ether oxygens (including phenoxy) is 1. The highest BCUT2D eigenvalue weighted by molar-refractivity contribution is 6.42. The summed E-state index contributed by atoms with van der Waals surface area (Å²) < 4.78 is 4.70. The number of hydrogen-bond donors (Lipinski definition) is 3. The predicted molar refractivity (Wildman–Crippen MR) is 105 cm³/mol. The fraction of sp³-hybridized carbons (Fsp3) is 0.700. The molecule has 0 bridgehead atoms. The number of carbonyl (C=O) groups excluding carboxylic acids is 3. The van der Waals surface area contributed by atoms with Crippen LogP contribution in [-0.4, -0.2) is 40.7 Å². The molecule has 0 heterocycles. The Bertz CT molecular complexity index is 573. The number of Topliss-reactive ketones (excluding diaryl/α,β-unsaturated/α-hetero) is 1. The van der Waals surface area contributed by atoms with Crippen molar-refractivity contribution < 1.29 is 29.0 Å². The molecule has 158 valence electrons. The Labute approximate surface area is 166 Å². The molecule has 8 heteroatoms. The van der Waals surface area contributed by atoms with Gasteiger partial charge in [0.1, 0.15) is 5.92 Å². The molecular weight excluding hydrogens is 364 g/mol. The predicted octanol–water partition coefficient (Wildman–Crippen LogP) is 3.55. The lowest BCUT2D eigenvalue weighted by molar-refractivity contribution is -0.161. The number of aliphatic carboxylic acids is 1. The normalized spacial score (nSPS) is 12.6. The second-order valence-electron chi connectivity index (χ2n) is 6.73. The van der Waals surface area contributed by atoms with E-state index in [-0.39, 0.29) is 25.0 Å². The molecule has 3 N–H and O–H groups in total. The fourth-order valence-electron chi connectivity index (χ4n) is 2.68. The summed E-state index contributed by atoms with van der Waals surface area (Å²) in [5.74, 6) is -4.48. The molecule has 0 spiro atoms. The molecule has 0 amide bonds. The highest BCUT2D eigenvalue weighted by Gasteiger charge is 2.25. The topological polar surface area (TPSA) is 145 Å². The third-order valence-electron chi connectivity index (χ3n) is 4.55. The summed E-state index contributed by atoms with van der Waals surface area (Å²) in [6, 6.07) is 0. The molecule has 8 nitrogen and oxygen atoms in total. The van der Waals surface area contributed by atoms with Gasteiger partial charge in [0.25, 0.3) is 0 Å². The third-order valence-corrected chi connectivity index (χ3v) is 4.55. The van der Waals surface area contributed by atoms with Gasteiger partial charge in [0.2, 0.25) is 0 Å². The average Bonchev–Trinajstić information content (AvgIpc) is 2.64. The second-order valence-corrected chi connectivity index (χ2v) is 6.73. The number of carbonyl (C=O) groups is 4. The van der Waals surface area contributed by atoms with Crippen LogP contribution in [0.5, 0.6) is 0 Å². The number of unbranched alkanes of at least 4 members (excludes halogenated alkanes) is 5. The number of carboxylic acids is 1. The van der Waals surface area contributed by atoms with Crippen LogP contribution in [0.15, 0.2) is 0 Å². The van der Waals surface area contributed by atoms with Gasteiger partial charge in [-0.05, 0) is 25.7 Å². The van der Waals surface area contributed by atoms with Gasteiger partial charge in [-0.1, -0.05) is 39.5 Å². The summed E-state index contributed by atoms with van der Waals surface area (Å²) >= 11 is 0. The van der Waals surface area contributed by atoms with Crippen LogP contribution in [0.4, 0.5) is 0 Å². The van der Waals surface area contributed by atoms with E-state index in [1.54, 1.807) is 13.8 Å². The van der Waals surface area contributed by atoms with E-state index in [0.717, 1.165) is 31.9 Å². The minimum Gasteiger partial charge on any atom is -0.481 e. The first-order valence-corrected chi connectivity index (χ1v) is 9.87. The van der Waals surface area contributed by atoms with E-state index in [0.29, 0.717) is 19.3 Å². The van der Waals surface area contributed by atoms with Crippen molar-refractivity contribution in [3.05, 3.63) is 0 Å². The molecule has 0 aromatic heterocycles. The van der Waals surface area contributed by atoms with Crippen LogP contribution >= 0.6 is 0 Å². The van der Waals surface area contributed by atoms with Crippen molar-refractivity contribution in [2.75, 3.05) is 0 Å². The van der Waals surface area contributed by atoms with Gasteiger partial charge in [-0.15, -0.1) is 0 Å². The average molecular weight is 396 g/mol. The molecule has 0 rings (SSSR count). The molecular formula is C20H32N2O6. The van der Waals surface area contributed by atoms with Crippen LogP contribution in [0.1, 0.15) is 78.1 Å². The zero-order valence-electron chi connectivity index (χ0n) is 16.8. The molecule has 0 aliphatic carbocycles. The Morgan fingerprint density at radius 2 is 1.46 bits per heavy atom. The summed E-state index contributed by atoms with van der Waals surface area (Å²) in [6.07, 6.45) is 6.52. The zero-order chi connectivity index (χ0) is 21.5. The number of nitrogens with one attached hydrogen (secondary N) is 2. The molecule has 0 saturated heterocycles. The lowest BCUT2D eigenvalue weighted by atomic mass is 9.94. The van der Waals surface area contributed by atoms with E-state index in [9.17, 15) is 19.2 Å². The van der Waals surface area contributed by atoms with Crippen molar-refractivity contribution in [1.29, 1.82) is 10.8 Å². The molecule has 0 aromatic rings. The summed E-state index contributed by atoms with van der Waals surface area (Å²) in [5, 5.41) is 23.7. The first kappa shape index (κ1) is 25.6. The lowest BCUT2D eigenvalue weighted by Crippen LogP contribution is -2.28. The third kappa shape index (κ3) is 10.1. The van der Waals surface area contributed by atoms with Gasteiger partial charge < -0.3 is 20.7 Å². The number of esters is 2. The van der Waals surface area contributed by atoms with Gasteiger partial charge in [-0.3, -0.25) is 19.2 Å². The monoisotopic (exact) mass is 396 g/mol. The Morgan fingerprint density at radius 3 is 1.93 bits per heavy atom. The minimum atomic E-state index is -1.14. The zero-order valence-corrected chi connectivity index (χ0v) is 16.8. The van der Waals surface area contributed by atoms with E-state index >= 15 is 0 Å². The molecule has 0 radical (unpaired) electrons. The van der Waals surface area contributed by atoms with Gasteiger partial charge in [0.05, 0.1) is 11.6 Å². The minimum absolute atomic E-state index is 0.156. The van der Waals surface area contributed by atoms with Crippen molar-refractivity contribution in [2.45, 2.75) is 78.1 Å². The van der Waals surface area contributed by atoms with Crippen LogP contribution in [-0.2, 0) is 23.9 Å². The molecule has 0 fully saturated rings. The van der Waals surface area contributed by atoms with Crippen LogP contribution in [0.3, 0.4) is 0 Å². The van der Waals surface area contributed by atoms with Crippen molar-refractivity contribution in [2.24, 2.45) is 11.8 Å². The van der Waals surface area contributed by atoms with Crippen molar-refractivity contribution in [3.63, 3.8) is 0 Å². The largest absolute Gasteiger partial charge is 0.481 e. The number of rotatable bonds is 16. The maximum Gasteiger partial charge on any atom is 0.321 e. The van der Waals surface area contributed by atoms with Gasteiger partial charge >= 0.3 is 17.9 Å². The fourth-order valence-corrected chi connectivity index (χ4v) is 2.68. The van der Waals surface area contributed by atoms with Gasteiger partial charge in [0.15, 0.2) is 5.78 Å². The first-order valence-electron chi connectivity index (χ1n) is 9.87. The summed E-state index contributed by atoms with van der Waals surface area (Å²) in [6.45, 7) is 3.38. The quantitative estimate of drug-likeness (QED) is 0.157. The summed E-state index contributed by atoms with van der Waals surface area (Å²) in [4.78, 5) is 46.0. The Balaban J connectivity index is 3.82. The van der Waals surface area contributed by atoms with E-state index in [1.807, 2.05) is 0 Å². The standard InChI is InChI=1S/C20H32N2O6/c1-3-14(13-21)20(27)28-17(24)12-10-8-6-5-7-9-11-16(23)18(22)15(4-2)19(25)26/h13-15,21-22H,3-12H2,1-2H3,(H,25,26)/t14-,15-/m1/s1. The number of hydrogen-bond acceptors (Lipinski definition) is 7. The van der Waals surface area contributed by atoms with Crippen molar-refractivity contribution in [1.82, 2.24) is 0 Å². The number of carboxylic acid groups (broad SMARTS) is 1. The maximum atomic E-state index is 11.9. The van der Waals surface area contributed by atoms with Crippen LogP contribution in [0.25, 0.3) is 0 Å². The van der Waals surface area contributed by atoms with E-state index in [4.69, 9.17) is 20.7 Å². The van der Waals surface area contributed by atoms with Crippen molar-refractivity contribution in [3.8, 4) is 0 Å². The summed E-state index contributed by atoms with van der Waals surface area (Å²) in [7, 11) is 0. The number of ketones is 1. The molecule has 0 saturated carbocycles. The Morgan fingerprint density at radius 1 is 0.929 bits per heavy atom. The molecule has 0 aliphatic heterocycles. The first-order chi connectivity index (χ1) is 13.3. The van der Waals surface area contributed by atoms with Crippen molar-refractivity contribution >= 4 is 35.6 Å². The van der Waals surface area contributed by atoms with Crippen LogP contribution < -0.4 is 0 Å². The second kappa shape index (κ2) is 14.6. The molecule has 0 aromatic carbocycles. The molecule has 28 heavy (non-hydrogen) atoms. The Kier molecular flexibility index (Phi) is 13.4. The van der Waals surface area contributed by atoms with Gasteiger partial charge in [-0.2, -0.15) is 0 Å². The Hall–Kier alpha value is -2.38. The van der Waals surface area contributed by atoms with E-state index < -0.39 is 35.5 Å².